The summed E-state index contributed by atoms with van der Waals surface area (Å²) in [6.07, 6.45) is 2.01. The number of hydrogen-bond donors (Lipinski definition) is 3. The maximum absolute atomic E-state index is 14.4. The number of hydrogen-bond acceptors (Lipinski definition) is 6. The van der Waals surface area contributed by atoms with Gasteiger partial charge in [-0.05, 0) is 72.1 Å². The average molecular weight is 495 g/mol. The van der Waals surface area contributed by atoms with Crippen molar-refractivity contribution in [2.24, 2.45) is 34.5 Å². The second-order valence-corrected chi connectivity index (χ2v) is 12.1. The lowest BCUT2D eigenvalue weighted by atomic mass is 9.59. The minimum atomic E-state index is -2.12. The van der Waals surface area contributed by atoms with E-state index in [-0.39, 0.29) is 28.6 Å². The second kappa shape index (κ2) is 8.11. The molecular formula is C30H38O6. The van der Waals surface area contributed by atoms with Crippen molar-refractivity contribution in [1.82, 2.24) is 0 Å². The van der Waals surface area contributed by atoms with Crippen LogP contribution in [0.5, 0.6) is 0 Å². The number of rotatable bonds is 4. The molecule has 4 aliphatic rings. The van der Waals surface area contributed by atoms with Crippen LogP contribution in [0.1, 0.15) is 62.5 Å². The first-order valence-electron chi connectivity index (χ1n) is 13.1. The van der Waals surface area contributed by atoms with Crippen molar-refractivity contribution in [2.75, 3.05) is 6.61 Å². The summed E-state index contributed by atoms with van der Waals surface area (Å²) in [4.78, 5) is 28.0. The van der Waals surface area contributed by atoms with Gasteiger partial charge in [0.25, 0.3) is 0 Å². The highest BCUT2D eigenvalue weighted by Crippen LogP contribution is 2.71. The van der Waals surface area contributed by atoms with Gasteiger partial charge in [0.2, 0.25) is 0 Å². The first-order valence-corrected chi connectivity index (χ1v) is 13.1. The molecule has 0 saturated heterocycles. The van der Waals surface area contributed by atoms with Gasteiger partial charge in [-0.15, -0.1) is 0 Å². The number of ether oxygens (including phenoxy) is 1. The molecule has 4 aliphatic carbocycles. The Morgan fingerprint density at radius 2 is 1.92 bits per heavy atom. The van der Waals surface area contributed by atoms with Crippen LogP contribution in [0.3, 0.4) is 0 Å². The Labute approximate surface area is 213 Å². The standard InChI is InChI=1S/C30H38O6/c1-7-18-10-8-9-15(2)22(18)27(34)36-26-16(3)13-29-17(4)11-21-23(28(21,5)6)20(25(29)33)12-19(14-31)24(32)30(26,29)35/h8-10,12-13,17,20-21,23-24,26,31-32,35H,7,11,14H2,1-6H3/t17-,20+,21-,23+,24-,26+,29+,30+/m1/s1. The van der Waals surface area contributed by atoms with Crippen molar-refractivity contribution in [3.8, 4) is 0 Å². The van der Waals surface area contributed by atoms with E-state index in [0.717, 1.165) is 17.5 Å². The lowest BCUT2D eigenvalue weighted by Gasteiger charge is -2.48. The average Bonchev–Trinajstić information content (AvgIpc) is 3.32. The van der Waals surface area contributed by atoms with Crippen LogP contribution in [0, 0.1) is 41.4 Å². The monoisotopic (exact) mass is 494 g/mol. The fourth-order valence-corrected chi connectivity index (χ4v) is 8.07. The third kappa shape index (κ3) is 3.01. The Hall–Kier alpha value is -2.28. The summed E-state index contributed by atoms with van der Waals surface area (Å²) in [7, 11) is 0. The smallest absolute Gasteiger partial charge is 0.339 e. The van der Waals surface area contributed by atoms with Gasteiger partial charge < -0.3 is 20.1 Å². The largest absolute Gasteiger partial charge is 0.451 e. The van der Waals surface area contributed by atoms with E-state index in [0.29, 0.717) is 23.5 Å². The molecule has 8 atom stereocenters. The zero-order valence-corrected chi connectivity index (χ0v) is 22.0. The van der Waals surface area contributed by atoms with Crippen LogP contribution in [-0.2, 0) is 16.0 Å². The zero-order chi connectivity index (χ0) is 26.4. The van der Waals surface area contributed by atoms with Crippen LogP contribution in [0.15, 0.2) is 41.5 Å². The molecular weight excluding hydrogens is 456 g/mol. The molecule has 0 unspecified atom stereocenters. The third-order valence-corrected chi connectivity index (χ3v) is 10.1. The summed E-state index contributed by atoms with van der Waals surface area (Å²) in [5, 5.41) is 34.4. The van der Waals surface area contributed by atoms with Crippen LogP contribution >= 0.6 is 0 Å². The summed E-state index contributed by atoms with van der Waals surface area (Å²) < 4.78 is 6.05. The van der Waals surface area contributed by atoms with Crippen LogP contribution in [0.4, 0.5) is 0 Å². The van der Waals surface area contributed by atoms with Crippen molar-refractivity contribution in [3.05, 3.63) is 58.2 Å². The van der Waals surface area contributed by atoms with Gasteiger partial charge in [-0.1, -0.05) is 58.0 Å². The number of aliphatic hydroxyl groups excluding tert-OH is 2. The fourth-order valence-electron chi connectivity index (χ4n) is 8.07. The maximum atomic E-state index is 14.4. The predicted molar refractivity (Wildman–Crippen MR) is 135 cm³/mol. The van der Waals surface area contributed by atoms with E-state index in [2.05, 4.69) is 13.8 Å². The van der Waals surface area contributed by atoms with Crippen LogP contribution in [0.2, 0.25) is 0 Å². The topological polar surface area (TPSA) is 104 Å². The fraction of sp³-hybridized carbons (Fsp3) is 0.600. The normalized spacial score (nSPS) is 40.3. The Morgan fingerprint density at radius 1 is 1.22 bits per heavy atom. The van der Waals surface area contributed by atoms with Gasteiger partial charge in [-0.3, -0.25) is 4.79 Å². The zero-order valence-electron chi connectivity index (χ0n) is 22.0. The first-order chi connectivity index (χ1) is 16.9. The summed E-state index contributed by atoms with van der Waals surface area (Å²) in [5.74, 6) is -1.18. The number of allylic oxidation sites excluding steroid dienone is 1. The highest BCUT2D eigenvalue weighted by Gasteiger charge is 2.76. The second-order valence-electron chi connectivity index (χ2n) is 12.1. The van der Waals surface area contributed by atoms with Crippen LogP contribution in [0.25, 0.3) is 0 Å². The lowest BCUT2D eigenvalue weighted by Crippen LogP contribution is -2.65. The van der Waals surface area contributed by atoms with E-state index in [4.69, 9.17) is 4.74 Å². The molecule has 2 fully saturated rings. The number of fused-ring (bicyclic) bond motifs is 3. The Bertz CT molecular complexity index is 1190. The number of Topliss-reactive ketones (excluding diaryl/α,β-unsaturated/α-hetero) is 1. The summed E-state index contributed by atoms with van der Waals surface area (Å²) >= 11 is 0. The van der Waals surface area contributed by atoms with E-state index in [9.17, 15) is 24.9 Å². The molecule has 5 rings (SSSR count). The number of ketones is 1. The Morgan fingerprint density at radius 3 is 2.56 bits per heavy atom. The van der Waals surface area contributed by atoms with Crippen LogP contribution in [-0.4, -0.2) is 51.5 Å². The molecule has 6 nitrogen and oxygen atoms in total. The maximum Gasteiger partial charge on any atom is 0.339 e. The van der Waals surface area contributed by atoms with Gasteiger partial charge in [0.15, 0.2) is 17.5 Å². The van der Waals surface area contributed by atoms with E-state index >= 15 is 0 Å². The van der Waals surface area contributed by atoms with Crippen molar-refractivity contribution in [2.45, 2.75) is 72.2 Å². The van der Waals surface area contributed by atoms with Crippen molar-refractivity contribution in [3.63, 3.8) is 0 Å². The Kier molecular flexibility index (Phi) is 5.71. The van der Waals surface area contributed by atoms with Crippen molar-refractivity contribution < 1.29 is 29.6 Å². The van der Waals surface area contributed by atoms with Gasteiger partial charge in [-0.25, -0.2) is 4.79 Å². The molecule has 0 aromatic heterocycles. The Balaban J connectivity index is 1.64. The van der Waals surface area contributed by atoms with Gasteiger partial charge in [0.05, 0.1) is 17.6 Å². The van der Waals surface area contributed by atoms with Crippen molar-refractivity contribution in [1.29, 1.82) is 0 Å². The number of carbonyl (C=O) groups is 2. The van der Waals surface area contributed by atoms with Gasteiger partial charge in [0, 0.05) is 5.92 Å². The molecule has 36 heavy (non-hydrogen) atoms. The number of aryl methyl sites for hydroxylation is 2. The quantitative estimate of drug-likeness (QED) is 0.437. The van der Waals surface area contributed by atoms with Crippen LogP contribution < -0.4 is 0 Å². The molecule has 1 spiro atoms. The van der Waals surface area contributed by atoms with E-state index in [1.54, 1.807) is 19.1 Å². The molecule has 1 aromatic rings. The third-order valence-electron chi connectivity index (χ3n) is 10.1. The van der Waals surface area contributed by atoms with Gasteiger partial charge in [-0.2, -0.15) is 0 Å². The number of carbonyl (C=O) groups excluding carboxylic acids is 2. The lowest BCUT2D eigenvalue weighted by molar-refractivity contribution is -0.190. The molecule has 3 N–H and O–H groups in total. The highest BCUT2D eigenvalue weighted by atomic mass is 16.6. The minimum Gasteiger partial charge on any atom is -0.451 e. The molecule has 6 heteroatoms. The molecule has 2 saturated carbocycles. The molecule has 0 amide bonds. The van der Waals surface area contributed by atoms with E-state index in [1.807, 2.05) is 39.0 Å². The molecule has 0 aliphatic heterocycles. The molecule has 2 bridgehead atoms. The molecule has 0 heterocycles. The number of benzene rings is 1. The summed E-state index contributed by atoms with van der Waals surface area (Å²) in [6, 6.07) is 5.60. The minimum absolute atomic E-state index is 0.0364. The number of esters is 1. The molecule has 0 radical (unpaired) electrons. The first kappa shape index (κ1) is 25.4. The predicted octanol–water partition coefficient (Wildman–Crippen LogP) is 3.55. The van der Waals surface area contributed by atoms with E-state index in [1.165, 1.54) is 0 Å². The summed E-state index contributed by atoms with van der Waals surface area (Å²) in [6.45, 7) is 11.3. The van der Waals surface area contributed by atoms with Gasteiger partial charge in [0.1, 0.15) is 6.10 Å². The van der Waals surface area contributed by atoms with Crippen molar-refractivity contribution >= 4 is 11.8 Å². The molecule has 1 aromatic carbocycles. The highest BCUT2D eigenvalue weighted by molar-refractivity contribution is 5.96. The number of aliphatic hydroxyl groups is 3. The SMILES string of the molecule is CCc1cccc(C)c1C(=O)O[C@H]1C(C)=C[C@]23C(=O)[C@@H](C=C(CO)[C@@H](O)[C@]12O)[C@H]1[C@@H](C[C@H]3C)C1(C)C. The molecule has 194 valence electrons. The summed E-state index contributed by atoms with van der Waals surface area (Å²) in [5.41, 5.74) is -0.790. The van der Waals surface area contributed by atoms with Gasteiger partial charge >= 0.3 is 5.97 Å². The van der Waals surface area contributed by atoms with E-state index < -0.39 is 41.7 Å².